The molecule has 0 radical (unpaired) electrons. The minimum Gasteiger partial charge on any atom is -0.350 e. The molecule has 2 heterocycles. The Hall–Kier alpha value is -1.60. The molecule has 144 valence electrons. The number of halogens is 2. The van der Waals surface area contributed by atoms with Gasteiger partial charge in [0.05, 0.1) is 23.2 Å². The van der Waals surface area contributed by atoms with Gasteiger partial charge >= 0.3 is 0 Å². The van der Waals surface area contributed by atoms with Crippen LogP contribution >= 0.6 is 34.5 Å². The van der Waals surface area contributed by atoms with Crippen molar-refractivity contribution in [2.45, 2.75) is 19.5 Å². The van der Waals surface area contributed by atoms with Gasteiger partial charge in [-0.25, -0.2) is 0 Å². The third-order valence-electron chi connectivity index (χ3n) is 4.71. The average Bonchev–Trinajstić information content (AvgIpc) is 3.19. The number of hydrogen-bond donors (Lipinski definition) is 1. The van der Waals surface area contributed by atoms with Crippen LogP contribution in [0, 0.1) is 0 Å². The van der Waals surface area contributed by atoms with Crippen molar-refractivity contribution in [3.05, 3.63) is 56.2 Å². The molecule has 0 aliphatic carbocycles. The molecule has 2 amide bonds. The number of amides is 2. The molecule has 8 heteroatoms. The summed E-state index contributed by atoms with van der Waals surface area (Å²) in [4.78, 5) is 30.1. The molecule has 1 aliphatic rings. The van der Waals surface area contributed by atoms with E-state index in [4.69, 9.17) is 23.2 Å². The van der Waals surface area contributed by atoms with Crippen molar-refractivity contribution in [1.82, 2.24) is 15.1 Å². The quantitative estimate of drug-likeness (QED) is 0.796. The van der Waals surface area contributed by atoms with Gasteiger partial charge in [-0.2, -0.15) is 0 Å². The molecule has 1 saturated heterocycles. The van der Waals surface area contributed by atoms with Crippen LogP contribution in [0.15, 0.2) is 35.7 Å². The van der Waals surface area contributed by atoms with E-state index in [1.54, 1.807) is 34.4 Å². The summed E-state index contributed by atoms with van der Waals surface area (Å²) in [5.74, 6) is -0.102. The van der Waals surface area contributed by atoms with E-state index in [-0.39, 0.29) is 17.9 Å². The highest BCUT2D eigenvalue weighted by molar-refractivity contribution is 7.09. The Morgan fingerprint density at radius 2 is 1.93 bits per heavy atom. The first kappa shape index (κ1) is 20.1. The standard InChI is InChI=1S/C19H21Cl2N3O2S/c1-13(18(25)22-12-15-3-2-10-27-15)23-6-8-24(9-7-23)19(26)16-5-4-14(20)11-17(16)21/h2-5,10-11,13H,6-9,12H2,1H3,(H,22,25). The summed E-state index contributed by atoms with van der Waals surface area (Å²) in [5, 5.41) is 5.83. The van der Waals surface area contributed by atoms with Crippen LogP contribution < -0.4 is 5.32 Å². The van der Waals surface area contributed by atoms with Crippen molar-refractivity contribution in [2.24, 2.45) is 0 Å². The van der Waals surface area contributed by atoms with E-state index in [9.17, 15) is 9.59 Å². The monoisotopic (exact) mass is 425 g/mol. The number of rotatable bonds is 5. The van der Waals surface area contributed by atoms with Gasteiger partial charge in [0.1, 0.15) is 0 Å². The Balaban J connectivity index is 1.51. The number of thiophene rings is 1. The van der Waals surface area contributed by atoms with Crippen LogP contribution in [0.3, 0.4) is 0 Å². The summed E-state index contributed by atoms with van der Waals surface area (Å²) in [5.41, 5.74) is 0.455. The Bertz CT molecular complexity index is 805. The Kier molecular flexibility index (Phi) is 6.76. The van der Waals surface area contributed by atoms with Crippen LogP contribution in [0.1, 0.15) is 22.2 Å². The lowest BCUT2D eigenvalue weighted by molar-refractivity contribution is -0.126. The van der Waals surface area contributed by atoms with Gasteiger partial charge in [-0.1, -0.05) is 29.3 Å². The van der Waals surface area contributed by atoms with Crippen LogP contribution in [-0.2, 0) is 11.3 Å². The van der Waals surface area contributed by atoms with Crippen molar-refractivity contribution < 1.29 is 9.59 Å². The molecular weight excluding hydrogens is 405 g/mol. The zero-order chi connectivity index (χ0) is 19.4. The molecule has 1 N–H and O–H groups in total. The van der Waals surface area contributed by atoms with Gasteiger partial charge in [0.15, 0.2) is 0 Å². The largest absolute Gasteiger partial charge is 0.350 e. The summed E-state index contributed by atoms with van der Waals surface area (Å²) in [6.07, 6.45) is 0. The van der Waals surface area contributed by atoms with E-state index in [1.807, 2.05) is 24.4 Å². The lowest BCUT2D eigenvalue weighted by Gasteiger charge is -2.37. The molecule has 0 bridgehead atoms. The highest BCUT2D eigenvalue weighted by atomic mass is 35.5. The van der Waals surface area contributed by atoms with Gasteiger partial charge < -0.3 is 10.2 Å². The van der Waals surface area contributed by atoms with Crippen molar-refractivity contribution in [1.29, 1.82) is 0 Å². The van der Waals surface area contributed by atoms with E-state index in [2.05, 4.69) is 10.2 Å². The fourth-order valence-corrected chi connectivity index (χ4v) is 4.18. The Morgan fingerprint density at radius 1 is 1.19 bits per heavy atom. The minimum absolute atomic E-state index is 0.00363. The van der Waals surface area contributed by atoms with Gasteiger partial charge in [0.2, 0.25) is 5.91 Å². The molecule has 5 nitrogen and oxygen atoms in total. The topological polar surface area (TPSA) is 52.7 Å². The Morgan fingerprint density at radius 3 is 2.56 bits per heavy atom. The number of benzene rings is 1. The number of nitrogens with zero attached hydrogens (tertiary/aromatic N) is 2. The zero-order valence-corrected chi connectivity index (χ0v) is 17.3. The molecule has 1 unspecified atom stereocenters. The lowest BCUT2D eigenvalue weighted by atomic mass is 10.1. The third kappa shape index (κ3) is 5.02. The zero-order valence-electron chi connectivity index (χ0n) is 15.0. The fraction of sp³-hybridized carbons (Fsp3) is 0.368. The van der Waals surface area contributed by atoms with Crippen LogP contribution in [0.2, 0.25) is 10.0 Å². The normalized spacial score (nSPS) is 16.2. The second kappa shape index (κ2) is 9.06. The number of nitrogens with one attached hydrogen (secondary N) is 1. The molecule has 1 atom stereocenters. The molecule has 2 aromatic rings. The van der Waals surface area contributed by atoms with Crippen LogP contribution in [0.25, 0.3) is 0 Å². The molecule has 1 fully saturated rings. The molecular formula is C19H21Cl2N3O2S. The number of carbonyl (C=O) groups is 2. The molecule has 1 aliphatic heterocycles. The minimum atomic E-state index is -0.235. The second-order valence-electron chi connectivity index (χ2n) is 6.43. The lowest BCUT2D eigenvalue weighted by Crippen LogP contribution is -2.54. The first-order valence-corrected chi connectivity index (χ1v) is 10.4. The summed E-state index contributed by atoms with van der Waals surface area (Å²) in [6.45, 7) is 4.85. The maximum atomic E-state index is 12.7. The van der Waals surface area contributed by atoms with E-state index in [1.165, 1.54) is 0 Å². The molecule has 1 aromatic carbocycles. The summed E-state index contributed by atoms with van der Waals surface area (Å²) in [6, 6.07) is 8.63. The summed E-state index contributed by atoms with van der Waals surface area (Å²) >= 11 is 13.7. The van der Waals surface area contributed by atoms with Gasteiger partial charge in [0.25, 0.3) is 5.91 Å². The predicted molar refractivity (Wildman–Crippen MR) is 110 cm³/mol. The SMILES string of the molecule is CC(C(=O)NCc1cccs1)N1CCN(C(=O)c2ccc(Cl)cc2Cl)CC1. The van der Waals surface area contributed by atoms with Gasteiger partial charge in [-0.15, -0.1) is 11.3 Å². The summed E-state index contributed by atoms with van der Waals surface area (Å²) < 4.78 is 0. The van der Waals surface area contributed by atoms with Gasteiger partial charge in [-0.05, 0) is 36.6 Å². The van der Waals surface area contributed by atoms with E-state index >= 15 is 0 Å². The number of carbonyl (C=O) groups excluding carboxylic acids is 2. The maximum absolute atomic E-state index is 12.7. The Labute approximate surface area is 172 Å². The smallest absolute Gasteiger partial charge is 0.255 e. The van der Waals surface area contributed by atoms with Crippen molar-refractivity contribution in [3.63, 3.8) is 0 Å². The van der Waals surface area contributed by atoms with Crippen molar-refractivity contribution in [3.8, 4) is 0 Å². The number of hydrogen-bond acceptors (Lipinski definition) is 4. The average molecular weight is 426 g/mol. The van der Waals surface area contributed by atoms with E-state index in [0.29, 0.717) is 48.3 Å². The van der Waals surface area contributed by atoms with Gasteiger partial charge in [-0.3, -0.25) is 14.5 Å². The first-order valence-electron chi connectivity index (χ1n) is 8.74. The van der Waals surface area contributed by atoms with Gasteiger partial charge in [0, 0.05) is 36.1 Å². The van der Waals surface area contributed by atoms with Crippen LogP contribution in [-0.4, -0.2) is 53.8 Å². The molecule has 27 heavy (non-hydrogen) atoms. The highest BCUT2D eigenvalue weighted by Crippen LogP contribution is 2.23. The molecule has 0 saturated carbocycles. The molecule has 0 spiro atoms. The first-order chi connectivity index (χ1) is 13.0. The second-order valence-corrected chi connectivity index (χ2v) is 8.30. The third-order valence-corrected chi connectivity index (χ3v) is 6.13. The van der Waals surface area contributed by atoms with Crippen molar-refractivity contribution >= 4 is 46.4 Å². The van der Waals surface area contributed by atoms with Crippen LogP contribution in [0.4, 0.5) is 0 Å². The fourth-order valence-electron chi connectivity index (χ4n) is 3.05. The number of piperazine rings is 1. The van der Waals surface area contributed by atoms with Crippen LogP contribution in [0.5, 0.6) is 0 Å². The molecule has 3 rings (SSSR count). The summed E-state index contributed by atoms with van der Waals surface area (Å²) in [7, 11) is 0. The molecule has 1 aromatic heterocycles. The predicted octanol–water partition coefficient (Wildman–Crippen LogP) is 3.52. The van der Waals surface area contributed by atoms with Crippen molar-refractivity contribution in [2.75, 3.05) is 26.2 Å². The van der Waals surface area contributed by atoms with E-state index in [0.717, 1.165) is 4.88 Å². The maximum Gasteiger partial charge on any atom is 0.255 e. The highest BCUT2D eigenvalue weighted by Gasteiger charge is 2.28. The van der Waals surface area contributed by atoms with E-state index < -0.39 is 0 Å².